The van der Waals surface area contributed by atoms with Crippen LogP contribution >= 0.6 is 11.6 Å². The molecule has 0 unspecified atom stereocenters. The maximum absolute atomic E-state index is 13.5. The Morgan fingerprint density at radius 2 is 2.00 bits per heavy atom. The van der Waals surface area contributed by atoms with Gasteiger partial charge in [-0.25, -0.2) is 4.39 Å². The predicted molar refractivity (Wildman–Crippen MR) is 127 cm³/mol. The zero-order chi connectivity index (χ0) is 23.8. The van der Waals surface area contributed by atoms with E-state index in [9.17, 15) is 14.3 Å². The molecule has 8 heteroatoms. The van der Waals surface area contributed by atoms with Crippen LogP contribution in [0.2, 0.25) is 5.02 Å². The minimum atomic E-state index is -0.897. The highest BCUT2D eigenvalue weighted by atomic mass is 35.5. The van der Waals surface area contributed by atoms with Crippen LogP contribution in [-0.2, 0) is 17.8 Å². The second kappa shape index (κ2) is 9.00. The van der Waals surface area contributed by atoms with Crippen LogP contribution in [0.25, 0.3) is 10.9 Å². The van der Waals surface area contributed by atoms with E-state index < -0.39 is 17.8 Å². The molecule has 1 aromatic heterocycles. The minimum absolute atomic E-state index is 0.0179. The molecular weight excluding hydrogens is 459 g/mol. The normalized spacial score (nSPS) is 17.4. The first-order chi connectivity index (χ1) is 16.4. The molecule has 3 N–H and O–H groups in total. The second-order valence-corrected chi connectivity index (χ2v) is 8.60. The number of hydrogen-bond donors (Lipinski definition) is 3. The molecule has 174 valence electrons. The molecule has 2 heterocycles. The summed E-state index contributed by atoms with van der Waals surface area (Å²) in [5, 5.41) is 14.1. The fraction of sp³-hybridized carbons (Fsp3) is 0.192. The zero-order valence-corrected chi connectivity index (χ0v) is 19.0. The van der Waals surface area contributed by atoms with Crippen molar-refractivity contribution in [2.75, 3.05) is 7.11 Å². The van der Waals surface area contributed by atoms with Crippen LogP contribution < -0.4 is 14.8 Å². The maximum Gasteiger partial charge on any atom is 0.321 e. The molecule has 4 aromatic rings. The smallest absolute Gasteiger partial charge is 0.321 e. The van der Waals surface area contributed by atoms with Gasteiger partial charge < -0.3 is 19.6 Å². The number of fused-ring (bicyclic) bond motifs is 3. The molecule has 0 fully saturated rings. The van der Waals surface area contributed by atoms with Gasteiger partial charge in [-0.2, -0.15) is 0 Å². The van der Waals surface area contributed by atoms with Crippen molar-refractivity contribution < 1.29 is 23.8 Å². The zero-order valence-electron chi connectivity index (χ0n) is 18.3. The van der Waals surface area contributed by atoms with Gasteiger partial charge in [-0.15, -0.1) is 0 Å². The van der Waals surface area contributed by atoms with Crippen molar-refractivity contribution in [2.45, 2.75) is 25.1 Å². The summed E-state index contributed by atoms with van der Waals surface area (Å²) in [7, 11) is 1.57. The van der Waals surface area contributed by atoms with Gasteiger partial charge in [0.1, 0.15) is 30.0 Å². The summed E-state index contributed by atoms with van der Waals surface area (Å²) >= 11 is 5.86. The molecule has 1 aliphatic heterocycles. The van der Waals surface area contributed by atoms with E-state index in [-0.39, 0.29) is 17.7 Å². The quantitative estimate of drug-likeness (QED) is 0.351. The summed E-state index contributed by atoms with van der Waals surface area (Å²) in [5.74, 6) is -0.358. The Balaban J connectivity index is 1.51. The van der Waals surface area contributed by atoms with E-state index in [0.717, 1.165) is 33.3 Å². The van der Waals surface area contributed by atoms with E-state index in [0.29, 0.717) is 17.9 Å². The molecule has 34 heavy (non-hydrogen) atoms. The number of carboxylic acid groups (broad SMARTS) is 1. The number of halogens is 2. The molecule has 1 aliphatic rings. The lowest BCUT2D eigenvalue weighted by Gasteiger charge is -2.30. The van der Waals surface area contributed by atoms with Crippen molar-refractivity contribution in [2.24, 2.45) is 0 Å². The van der Waals surface area contributed by atoms with Crippen LogP contribution in [0.1, 0.15) is 28.4 Å². The van der Waals surface area contributed by atoms with Gasteiger partial charge in [0.05, 0.1) is 18.2 Å². The van der Waals surface area contributed by atoms with Crippen molar-refractivity contribution in [1.82, 2.24) is 10.3 Å². The Labute approximate surface area is 200 Å². The first kappa shape index (κ1) is 22.3. The third-order valence-electron chi connectivity index (χ3n) is 6.13. The summed E-state index contributed by atoms with van der Waals surface area (Å²) in [6.07, 6.45) is 0.391. The number of methoxy groups -OCH3 is 1. The van der Waals surface area contributed by atoms with E-state index in [1.807, 2.05) is 42.5 Å². The van der Waals surface area contributed by atoms with Gasteiger partial charge in [0.15, 0.2) is 0 Å². The lowest BCUT2D eigenvalue weighted by atomic mass is 9.89. The molecule has 3 aromatic carbocycles. The number of carbonyl (C=O) groups is 1. The monoisotopic (exact) mass is 480 g/mol. The van der Waals surface area contributed by atoms with E-state index in [2.05, 4.69) is 10.3 Å². The predicted octanol–water partition coefficient (Wildman–Crippen LogP) is 5.24. The summed E-state index contributed by atoms with van der Waals surface area (Å²) in [5.41, 5.74) is 4.55. The van der Waals surface area contributed by atoms with Gasteiger partial charge in [0, 0.05) is 34.6 Å². The average molecular weight is 481 g/mol. The first-order valence-corrected chi connectivity index (χ1v) is 11.2. The largest absolute Gasteiger partial charge is 0.496 e. The van der Waals surface area contributed by atoms with Crippen LogP contribution in [0.5, 0.6) is 11.5 Å². The number of carboxylic acids is 1. The van der Waals surface area contributed by atoms with Gasteiger partial charge in [-0.3, -0.25) is 10.1 Å². The lowest BCUT2D eigenvalue weighted by Crippen LogP contribution is -2.45. The van der Waals surface area contributed by atoms with Crippen LogP contribution in [0.4, 0.5) is 4.39 Å². The molecule has 0 aliphatic carbocycles. The highest BCUT2D eigenvalue weighted by molar-refractivity contribution is 6.30. The minimum Gasteiger partial charge on any atom is -0.496 e. The van der Waals surface area contributed by atoms with E-state index >= 15 is 0 Å². The average Bonchev–Trinajstić information content (AvgIpc) is 3.22. The molecule has 0 amide bonds. The third-order valence-corrected chi connectivity index (χ3v) is 6.42. The Morgan fingerprint density at radius 1 is 1.18 bits per heavy atom. The third kappa shape index (κ3) is 4.08. The molecule has 0 spiro atoms. The van der Waals surface area contributed by atoms with Gasteiger partial charge in [-0.05, 0) is 41.5 Å². The van der Waals surface area contributed by atoms with Crippen molar-refractivity contribution in [1.29, 1.82) is 0 Å². The second-order valence-electron chi connectivity index (χ2n) is 8.19. The number of para-hydroxylation sites is 1. The lowest BCUT2D eigenvalue weighted by molar-refractivity contribution is -0.139. The molecule has 2 atom stereocenters. The summed E-state index contributed by atoms with van der Waals surface area (Å²) < 4.78 is 24.8. The number of aromatic nitrogens is 1. The van der Waals surface area contributed by atoms with Crippen LogP contribution in [0, 0.1) is 5.82 Å². The van der Waals surface area contributed by atoms with Crippen LogP contribution in [-0.4, -0.2) is 29.2 Å². The van der Waals surface area contributed by atoms with Gasteiger partial charge in [0.25, 0.3) is 0 Å². The summed E-state index contributed by atoms with van der Waals surface area (Å²) in [4.78, 5) is 15.4. The van der Waals surface area contributed by atoms with Crippen molar-refractivity contribution in [3.8, 4) is 11.5 Å². The molecule has 0 radical (unpaired) electrons. The summed E-state index contributed by atoms with van der Waals surface area (Å²) in [6.45, 7) is 0.160. The number of aromatic amines is 1. The SMILES string of the molecule is COc1ccc([C@@H]2N[C@H](C(=O)O)Cc3c2[nH]c2ccccc32)cc1COc1ccc(F)c(Cl)c1. The fourth-order valence-electron chi connectivity index (χ4n) is 4.47. The molecular formula is C26H22ClFN2O4. The molecule has 0 bridgehead atoms. The van der Waals surface area contributed by atoms with Crippen molar-refractivity contribution in [3.05, 3.63) is 93.9 Å². The Morgan fingerprint density at radius 3 is 2.76 bits per heavy atom. The number of benzene rings is 3. The van der Waals surface area contributed by atoms with Crippen LogP contribution in [0.3, 0.4) is 0 Å². The van der Waals surface area contributed by atoms with Gasteiger partial charge >= 0.3 is 5.97 Å². The van der Waals surface area contributed by atoms with Gasteiger partial charge in [0.2, 0.25) is 0 Å². The number of nitrogens with one attached hydrogen (secondary N) is 2. The van der Waals surface area contributed by atoms with Crippen molar-refractivity contribution >= 4 is 28.5 Å². The number of hydrogen-bond acceptors (Lipinski definition) is 4. The molecule has 0 saturated carbocycles. The highest BCUT2D eigenvalue weighted by Crippen LogP contribution is 2.36. The number of aliphatic carboxylic acids is 1. The van der Waals surface area contributed by atoms with Crippen molar-refractivity contribution in [3.63, 3.8) is 0 Å². The molecule has 5 rings (SSSR count). The van der Waals surface area contributed by atoms with Crippen LogP contribution in [0.15, 0.2) is 60.7 Å². The number of H-pyrrole nitrogens is 1. The maximum atomic E-state index is 13.5. The number of ether oxygens (including phenoxy) is 2. The van der Waals surface area contributed by atoms with E-state index in [1.54, 1.807) is 7.11 Å². The molecule has 6 nitrogen and oxygen atoms in total. The van der Waals surface area contributed by atoms with E-state index in [1.165, 1.54) is 18.2 Å². The van der Waals surface area contributed by atoms with Gasteiger partial charge in [-0.1, -0.05) is 35.9 Å². The standard InChI is InChI=1S/C26H22ClFN2O4/c1-33-23-9-6-14(10-15(23)13-34-16-7-8-20(28)19(27)11-16)24-25-18(12-22(30-24)26(31)32)17-4-2-3-5-21(17)29-25/h2-11,22,24,29-30H,12-13H2,1H3,(H,31,32)/t22-,24-/m0/s1. The van der Waals surface area contributed by atoms with E-state index in [4.69, 9.17) is 21.1 Å². The number of rotatable bonds is 6. The first-order valence-electron chi connectivity index (χ1n) is 10.8. The highest BCUT2D eigenvalue weighted by Gasteiger charge is 2.34. The molecule has 0 saturated heterocycles. The Hall–Kier alpha value is -3.55. The Kier molecular flexibility index (Phi) is 5.89. The Bertz CT molecular complexity index is 1390. The fourth-order valence-corrected chi connectivity index (χ4v) is 4.65. The summed E-state index contributed by atoms with van der Waals surface area (Å²) in [6, 6.07) is 16.7. The topological polar surface area (TPSA) is 83.6 Å².